The molecule has 0 aliphatic rings. The summed E-state index contributed by atoms with van der Waals surface area (Å²) in [6.07, 6.45) is -0.211. The van der Waals surface area contributed by atoms with Crippen LogP contribution in [0.15, 0.2) is 12.1 Å². The van der Waals surface area contributed by atoms with E-state index in [0.717, 1.165) is 6.54 Å². The van der Waals surface area contributed by atoms with Crippen molar-refractivity contribution in [3.05, 3.63) is 34.4 Å². The molecule has 0 bridgehead atoms. The molecule has 102 valence electrons. The number of benzene rings is 1. The van der Waals surface area contributed by atoms with E-state index >= 15 is 0 Å². The van der Waals surface area contributed by atoms with E-state index in [9.17, 15) is 0 Å². The highest BCUT2D eigenvalue weighted by Crippen LogP contribution is 2.15. The number of rotatable bonds is 6. The molecule has 0 radical (unpaired) electrons. The van der Waals surface area contributed by atoms with Crippen LogP contribution in [0.5, 0.6) is 0 Å². The van der Waals surface area contributed by atoms with E-state index in [2.05, 4.69) is 45.1 Å². The van der Waals surface area contributed by atoms with Crippen LogP contribution in [0.1, 0.15) is 29.2 Å². The molecular weight excluding hydrogens is 226 g/mol. The quantitative estimate of drug-likeness (QED) is 0.789. The fourth-order valence-corrected chi connectivity index (χ4v) is 2.08. The fraction of sp³-hybridized carbons (Fsp3) is 0.600. The summed E-state index contributed by atoms with van der Waals surface area (Å²) in [5.41, 5.74) is 5.33. The Morgan fingerprint density at radius 1 is 1.00 bits per heavy atom. The predicted molar refractivity (Wildman–Crippen MR) is 74.8 cm³/mol. The molecule has 1 aromatic carbocycles. The lowest BCUT2D eigenvalue weighted by Gasteiger charge is -2.22. The first-order valence-corrected chi connectivity index (χ1v) is 6.35. The van der Waals surface area contributed by atoms with E-state index in [4.69, 9.17) is 9.47 Å². The Balaban J connectivity index is 2.66. The minimum absolute atomic E-state index is 0.154. The predicted octanol–water partition coefficient (Wildman–Crippen LogP) is 2.71. The van der Waals surface area contributed by atoms with Gasteiger partial charge in [0.05, 0.1) is 6.04 Å². The molecule has 1 N–H and O–H groups in total. The van der Waals surface area contributed by atoms with Gasteiger partial charge in [0.1, 0.15) is 0 Å². The molecule has 0 heterocycles. The standard InChI is InChI=1S/C15H25NO2/c1-10-7-12(3)14(8-11(10)2)9-16-13(4)15(17-5)18-6/h7-8,13,15-16H,9H2,1-6H3. The first-order chi connectivity index (χ1) is 8.49. The van der Waals surface area contributed by atoms with Gasteiger partial charge in [-0.05, 0) is 49.9 Å². The third kappa shape index (κ3) is 3.80. The van der Waals surface area contributed by atoms with Gasteiger partial charge in [-0.15, -0.1) is 0 Å². The smallest absolute Gasteiger partial charge is 0.171 e. The molecule has 1 aromatic rings. The van der Waals surface area contributed by atoms with Crippen LogP contribution in [0.4, 0.5) is 0 Å². The van der Waals surface area contributed by atoms with Crippen LogP contribution in [-0.4, -0.2) is 26.6 Å². The van der Waals surface area contributed by atoms with Crippen LogP contribution >= 0.6 is 0 Å². The largest absolute Gasteiger partial charge is 0.354 e. The van der Waals surface area contributed by atoms with Crippen LogP contribution in [0.25, 0.3) is 0 Å². The van der Waals surface area contributed by atoms with Crippen molar-refractivity contribution < 1.29 is 9.47 Å². The van der Waals surface area contributed by atoms with Gasteiger partial charge in [-0.2, -0.15) is 0 Å². The van der Waals surface area contributed by atoms with E-state index < -0.39 is 0 Å². The lowest BCUT2D eigenvalue weighted by atomic mass is 10.0. The third-order valence-electron chi connectivity index (χ3n) is 3.44. The molecule has 3 nitrogen and oxygen atoms in total. The summed E-state index contributed by atoms with van der Waals surface area (Å²) in [7, 11) is 3.32. The highest BCUT2D eigenvalue weighted by atomic mass is 16.7. The van der Waals surface area contributed by atoms with Gasteiger partial charge in [-0.25, -0.2) is 0 Å². The van der Waals surface area contributed by atoms with Gasteiger partial charge < -0.3 is 14.8 Å². The lowest BCUT2D eigenvalue weighted by molar-refractivity contribution is -0.119. The Hall–Kier alpha value is -0.900. The summed E-state index contributed by atoms with van der Waals surface area (Å²) in [4.78, 5) is 0. The molecule has 0 spiro atoms. The number of hydrogen-bond donors (Lipinski definition) is 1. The van der Waals surface area contributed by atoms with E-state index in [0.29, 0.717) is 0 Å². The second kappa shape index (κ2) is 6.88. The van der Waals surface area contributed by atoms with Crippen molar-refractivity contribution in [3.63, 3.8) is 0 Å². The van der Waals surface area contributed by atoms with Crippen molar-refractivity contribution in [2.24, 2.45) is 0 Å². The normalized spacial score (nSPS) is 13.1. The van der Waals surface area contributed by atoms with Crippen molar-refractivity contribution in [3.8, 4) is 0 Å². The molecule has 1 unspecified atom stereocenters. The maximum absolute atomic E-state index is 5.24. The summed E-state index contributed by atoms with van der Waals surface area (Å²) >= 11 is 0. The van der Waals surface area contributed by atoms with Gasteiger partial charge in [0.15, 0.2) is 6.29 Å². The van der Waals surface area contributed by atoms with Gasteiger partial charge in [0, 0.05) is 20.8 Å². The minimum atomic E-state index is -0.211. The van der Waals surface area contributed by atoms with E-state index in [1.807, 2.05) is 0 Å². The molecule has 0 amide bonds. The Bertz CT molecular complexity index is 386. The average Bonchev–Trinajstić information content (AvgIpc) is 2.33. The number of aryl methyl sites for hydroxylation is 3. The fourth-order valence-electron chi connectivity index (χ4n) is 2.08. The van der Waals surface area contributed by atoms with Gasteiger partial charge >= 0.3 is 0 Å². The molecule has 18 heavy (non-hydrogen) atoms. The topological polar surface area (TPSA) is 30.5 Å². The van der Waals surface area contributed by atoms with Crippen LogP contribution in [0.3, 0.4) is 0 Å². The SMILES string of the molecule is COC(OC)C(C)NCc1cc(C)c(C)cc1C. The number of hydrogen-bond acceptors (Lipinski definition) is 3. The monoisotopic (exact) mass is 251 g/mol. The maximum atomic E-state index is 5.24. The molecule has 1 rings (SSSR count). The second-order valence-corrected chi connectivity index (χ2v) is 4.87. The molecule has 3 heteroatoms. The molecule has 1 atom stereocenters. The summed E-state index contributed by atoms with van der Waals surface area (Å²) in [5, 5.41) is 3.44. The highest BCUT2D eigenvalue weighted by Gasteiger charge is 2.15. The van der Waals surface area contributed by atoms with Crippen molar-refractivity contribution in [1.29, 1.82) is 0 Å². The summed E-state index contributed by atoms with van der Waals surface area (Å²) < 4.78 is 10.5. The van der Waals surface area contributed by atoms with E-state index in [-0.39, 0.29) is 12.3 Å². The zero-order valence-electron chi connectivity index (χ0n) is 12.3. The Kier molecular flexibility index (Phi) is 5.79. The first-order valence-electron chi connectivity index (χ1n) is 6.35. The average molecular weight is 251 g/mol. The molecule has 0 saturated heterocycles. The summed E-state index contributed by atoms with van der Waals surface area (Å²) in [6.45, 7) is 9.34. The number of ether oxygens (including phenoxy) is 2. The second-order valence-electron chi connectivity index (χ2n) is 4.87. The van der Waals surface area contributed by atoms with Crippen LogP contribution in [-0.2, 0) is 16.0 Å². The van der Waals surface area contributed by atoms with Gasteiger partial charge in [-0.3, -0.25) is 0 Å². The summed E-state index contributed by atoms with van der Waals surface area (Å²) in [6, 6.07) is 4.64. The first kappa shape index (κ1) is 15.2. The van der Waals surface area contributed by atoms with Crippen molar-refractivity contribution in [2.45, 2.75) is 46.6 Å². The van der Waals surface area contributed by atoms with Crippen LogP contribution in [0, 0.1) is 20.8 Å². The zero-order valence-corrected chi connectivity index (χ0v) is 12.3. The molecule has 0 aliphatic carbocycles. The molecule has 0 saturated carbocycles. The number of methoxy groups -OCH3 is 2. The van der Waals surface area contributed by atoms with Crippen molar-refractivity contribution in [2.75, 3.05) is 14.2 Å². The molecule has 0 fully saturated rings. The third-order valence-corrected chi connectivity index (χ3v) is 3.44. The van der Waals surface area contributed by atoms with Crippen molar-refractivity contribution in [1.82, 2.24) is 5.32 Å². The lowest BCUT2D eigenvalue weighted by Crippen LogP contribution is -2.39. The molecular formula is C15H25NO2. The number of nitrogens with one attached hydrogen (secondary N) is 1. The van der Waals surface area contributed by atoms with E-state index in [1.54, 1.807) is 14.2 Å². The van der Waals surface area contributed by atoms with Gasteiger partial charge in [0.25, 0.3) is 0 Å². The molecule has 0 aromatic heterocycles. The Labute approximate surface area is 110 Å². The van der Waals surface area contributed by atoms with Crippen molar-refractivity contribution >= 4 is 0 Å². The molecule has 0 aliphatic heterocycles. The van der Waals surface area contributed by atoms with E-state index in [1.165, 1.54) is 22.3 Å². The Morgan fingerprint density at radius 2 is 1.56 bits per heavy atom. The maximum Gasteiger partial charge on any atom is 0.171 e. The summed E-state index contributed by atoms with van der Waals surface area (Å²) in [5.74, 6) is 0. The highest BCUT2D eigenvalue weighted by molar-refractivity contribution is 5.36. The van der Waals surface area contributed by atoms with Gasteiger partial charge in [-0.1, -0.05) is 12.1 Å². The zero-order chi connectivity index (χ0) is 13.7. The minimum Gasteiger partial charge on any atom is -0.354 e. The Morgan fingerprint density at radius 3 is 2.11 bits per heavy atom. The van der Waals surface area contributed by atoms with Crippen LogP contribution in [0.2, 0.25) is 0 Å². The van der Waals surface area contributed by atoms with Crippen LogP contribution < -0.4 is 5.32 Å². The van der Waals surface area contributed by atoms with Gasteiger partial charge in [0.2, 0.25) is 0 Å².